The van der Waals surface area contributed by atoms with Gasteiger partial charge in [-0.05, 0) is 17.0 Å². The third kappa shape index (κ3) is 2.46. The van der Waals surface area contributed by atoms with Gasteiger partial charge in [-0.2, -0.15) is 5.10 Å². The van der Waals surface area contributed by atoms with Crippen LogP contribution in [0.4, 0.5) is 15.0 Å². The molecule has 2 heterocycles. The van der Waals surface area contributed by atoms with E-state index >= 15 is 0 Å². The molecule has 7 heteroatoms. The Morgan fingerprint density at radius 2 is 1.96 bits per heavy atom. The Labute approximate surface area is 133 Å². The minimum Gasteiger partial charge on any atom is -0.278 e. The van der Waals surface area contributed by atoms with E-state index in [-0.39, 0.29) is 30.1 Å². The van der Waals surface area contributed by atoms with Gasteiger partial charge in [0.05, 0.1) is 0 Å². The number of nitrogens with one attached hydrogen (secondary N) is 1. The average molecular weight is 318 g/mol. The first-order chi connectivity index (χ1) is 10.7. The summed E-state index contributed by atoms with van der Waals surface area (Å²) in [6, 6.07) is 2.99. The highest BCUT2D eigenvalue weighted by Crippen LogP contribution is 2.34. The number of fused-ring (bicyclic) bond motifs is 1. The number of hydrogen-bond acceptors (Lipinski definition) is 3. The van der Waals surface area contributed by atoms with E-state index in [4.69, 9.17) is 0 Å². The van der Waals surface area contributed by atoms with Gasteiger partial charge in [-0.1, -0.05) is 26.8 Å². The van der Waals surface area contributed by atoms with Crippen LogP contribution in [0.2, 0.25) is 0 Å². The Morgan fingerprint density at radius 3 is 2.57 bits per heavy atom. The molecule has 0 unspecified atom stereocenters. The molecule has 2 aromatic rings. The number of urea groups is 1. The van der Waals surface area contributed by atoms with Crippen molar-refractivity contribution in [3.63, 3.8) is 0 Å². The summed E-state index contributed by atoms with van der Waals surface area (Å²) in [6.07, 6.45) is 0.201. The fourth-order valence-corrected chi connectivity index (χ4v) is 2.85. The van der Waals surface area contributed by atoms with Gasteiger partial charge in [-0.3, -0.25) is 19.7 Å². The fraction of sp³-hybridized carbons (Fsp3) is 0.438. The number of carbonyl (C=O) groups is 2. The van der Waals surface area contributed by atoms with Crippen LogP contribution in [-0.2, 0) is 17.3 Å². The highest BCUT2D eigenvalue weighted by atomic mass is 19.1. The molecule has 6 nitrogen and oxygen atoms in total. The quantitative estimate of drug-likeness (QED) is 0.878. The van der Waals surface area contributed by atoms with E-state index < -0.39 is 6.03 Å². The van der Waals surface area contributed by atoms with E-state index in [1.54, 1.807) is 19.2 Å². The Balaban J connectivity index is 2.16. The number of aryl methyl sites for hydroxylation is 1. The molecule has 0 saturated carbocycles. The maximum absolute atomic E-state index is 14.9. The molecule has 0 spiro atoms. The minimum absolute atomic E-state index is 0.201. The Hall–Kier alpha value is -2.44. The molecule has 1 aromatic carbocycles. The predicted octanol–water partition coefficient (Wildman–Crippen LogP) is 2.46. The summed E-state index contributed by atoms with van der Waals surface area (Å²) in [5.41, 5.74) is 0.618. The lowest BCUT2D eigenvalue weighted by atomic mass is 9.86. The highest BCUT2D eigenvalue weighted by Gasteiger charge is 2.30. The smallest absolute Gasteiger partial charge is 0.278 e. The van der Waals surface area contributed by atoms with Crippen molar-refractivity contribution in [1.82, 2.24) is 15.1 Å². The maximum Gasteiger partial charge on any atom is 0.329 e. The zero-order valence-electron chi connectivity index (χ0n) is 13.6. The van der Waals surface area contributed by atoms with Crippen LogP contribution in [0.5, 0.6) is 0 Å². The predicted molar refractivity (Wildman–Crippen MR) is 84.9 cm³/mol. The lowest BCUT2D eigenvalue weighted by molar-refractivity contribution is -0.120. The molecular formula is C16H19FN4O2. The van der Waals surface area contributed by atoms with Crippen LogP contribution < -0.4 is 10.2 Å². The van der Waals surface area contributed by atoms with E-state index in [1.165, 1.54) is 9.58 Å². The van der Waals surface area contributed by atoms with Gasteiger partial charge < -0.3 is 0 Å². The standard InChI is InChI=1S/C16H19FN4O2/c1-16(2,3)10-6-5-9-13(12(10)17)20(4)19-14(9)21-8-7-11(22)18-15(21)23/h5-6H,7-8H2,1-4H3,(H,18,22,23). The molecule has 23 heavy (non-hydrogen) atoms. The number of benzene rings is 1. The molecule has 1 aromatic heterocycles. The van der Waals surface area contributed by atoms with Crippen LogP contribution in [0.25, 0.3) is 10.9 Å². The number of rotatable bonds is 1. The molecule has 1 N–H and O–H groups in total. The van der Waals surface area contributed by atoms with Crippen LogP contribution in [-0.4, -0.2) is 28.3 Å². The number of hydrogen-bond donors (Lipinski definition) is 1. The van der Waals surface area contributed by atoms with Crippen molar-refractivity contribution in [3.8, 4) is 0 Å². The summed E-state index contributed by atoms with van der Waals surface area (Å²) >= 11 is 0. The molecule has 3 amide bonds. The summed E-state index contributed by atoms with van der Waals surface area (Å²) in [5.74, 6) is -0.274. The van der Waals surface area contributed by atoms with Crippen molar-refractivity contribution in [2.45, 2.75) is 32.6 Å². The SMILES string of the molecule is Cn1nc(N2CCC(=O)NC2=O)c2ccc(C(C)(C)C)c(F)c21. The van der Waals surface area contributed by atoms with E-state index in [0.29, 0.717) is 22.3 Å². The molecule has 122 valence electrons. The summed E-state index contributed by atoms with van der Waals surface area (Å²) < 4.78 is 16.4. The third-order valence-electron chi connectivity index (χ3n) is 4.04. The van der Waals surface area contributed by atoms with Crippen molar-refractivity contribution >= 4 is 28.7 Å². The van der Waals surface area contributed by atoms with Gasteiger partial charge in [0.2, 0.25) is 5.91 Å². The normalized spacial score (nSPS) is 16.1. The number of carbonyl (C=O) groups excluding carboxylic acids is 2. The second-order valence-corrected chi connectivity index (χ2v) is 6.78. The topological polar surface area (TPSA) is 67.2 Å². The molecule has 1 fully saturated rings. The van der Waals surface area contributed by atoms with Gasteiger partial charge in [0.1, 0.15) is 5.52 Å². The molecule has 1 aliphatic heterocycles. The number of amides is 3. The van der Waals surface area contributed by atoms with Crippen molar-refractivity contribution in [3.05, 3.63) is 23.5 Å². The molecule has 0 atom stereocenters. The van der Waals surface area contributed by atoms with Crippen molar-refractivity contribution < 1.29 is 14.0 Å². The molecule has 3 rings (SSSR count). The van der Waals surface area contributed by atoms with E-state index in [9.17, 15) is 14.0 Å². The number of anilines is 1. The second kappa shape index (κ2) is 5.04. The Bertz CT molecular complexity index is 820. The monoisotopic (exact) mass is 318 g/mol. The number of imide groups is 1. The third-order valence-corrected chi connectivity index (χ3v) is 4.04. The molecule has 1 aliphatic rings. The van der Waals surface area contributed by atoms with Crippen LogP contribution in [0.1, 0.15) is 32.8 Å². The van der Waals surface area contributed by atoms with Crippen molar-refractivity contribution in [2.24, 2.45) is 7.05 Å². The summed E-state index contributed by atoms with van der Waals surface area (Å²) in [5, 5.41) is 7.12. The summed E-state index contributed by atoms with van der Waals surface area (Å²) in [4.78, 5) is 24.7. The van der Waals surface area contributed by atoms with Crippen LogP contribution in [0, 0.1) is 5.82 Å². The van der Waals surface area contributed by atoms with Crippen LogP contribution >= 0.6 is 0 Å². The van der Waals surface area contributed by atoms with Gasteiger partial charge >= 0.3 is 6.03 Å². The van der Waals surface area contributed by atoms with Gasteiger partial charge in [0, 0.05) is 25.4 Å². The Kier molecular flexibility index (Phi) is 3.39. The van der Waals surface area contributed by atoms with E-state index in [2.05, 4.69) is 10.4 Å². The zero-order chi connectivity index (χ0) is 16.9. The average Bonchev–Trinajstić information content (AvgIpc) is 2.75. The first kappa shape index (κ1) is 15.5. The molecular weight excluding hydrogens is 299 g/mol. The van der Waals surface area contributed by atoms with Gasteiger partial charge in [0.25, 0.3) is 0 Å². The lowest BCUT2D eigenvalue weighted by Gasteiger charge is -2.25. The molecule has 1 saturated heterocycles. The Morgan fingerprint density at radius 1 is 1.26 bits per heavy atom. The lowest BCUT2D eigenvalue weighted by Crippen LogP contribution is -2.49. The van der Waals surface area contributed by atoms with E-state index in [1.807, 2.05) is 20.8 Å². The zero-order valence-corrected chi connectivity index (χ0v) is 13.6. The second-order valence-electron chi connectivity index (χ2n) is 6.78. The number of aromatic nitrogens is 2. The van der Waals surface area contributed by atoms with Crippen molar-refractivity contribution in [1.29, 1.82) is 0 Å². The van der Waals surface area contributed by atoms with Gasteiger partial charge in [-0.25, -0.2) is 9.18 Å². The fourth-order valence-electron chi connectivity index (χ4n) is 2.85. The molecule has 0 bridgehead atoms. The first-order valence-electron chi connectivity index (χ1n) is 7.47. The largest absolute Gasteiger partial charge is 0.329 e. The maximum atomic E-state index is 14.9. The summed E-state index contributed by atoms with van der Waals surface area (Å²) in [6.45, 7) is 6.06. The first-order valence-corrected chi connectivity index (χ1v) is 7.47. The molecule has 0 radical (unpaired) electrons. The van der Waals surface area contributed by atoms with Crippen LogP contribution in [0.3, 0.4) is 0 Å². The highest BCUT2D eigenvalue weighted by molar-refractivity contribution is 6.08. The van der Waals surface area contributed by atoms with Gasteiger partial charge in [-0.15, -0.1) is 0 Å². The van der Waals surface area contributed by atoms with Crippen molar-refractivity contribution in [2.75, 3.05) is 11.4 Å². The van der Waals surface area contributed by atoms with Gasteiger partial charge in [0.15, 0.2) is 11.6 Å². The minimum atomic E-state index is -0.526. The van der Waals surface area contributed by atoms with Crippen LogP contribution in [0.15, 0.2) is 12.1 Å². The number of nitrogens with zero attached hydrogens (tertiary/aromatic N) is 3. The molecule has 0 aliphatic carbocycles. The number of halogens is 1. The van der Waals surface area contributed by atoms with E-state index in [0.717, 1.165) is 0 Å². The summed E-state index contributed by atoms with van der Waals surface area (Å²) in [7, 11) is 1.65.